The number of hydrogen-bond donors (Lipinski definition) is 1. The Morgan fingerprint density at radius 3 is 2.59 bits per heavy atom. The number of nitrogens with two attached hydrogens (primary N) is 1. The largest absolute Gasteiger partial charge is 0.444 e. The average Bonchev–Trinajstić information content (AvgIpc) is 2.83. The summed E-state index contributed by atoms with van der Waals surface area (Å²) in [5.41, 5.74) is 6.45. The normalized spacial score (nSPS) is 22.0. The van der Waals surface area contributed by atoms with Gasteiger partial charge in [0.2, 0.25) is 0 Å². The highest BCUT2D eigenvalue weighted by Gasteiger charge is 2.39. The summed E-state index contributed by atoms with van der Waals surface area (Å²) in [5.74, 6) is 0.146. The Morgan fingerprint density at radius 1 is 1.36 bits per heavy atom. The lowest BCUT2D eigenvalue weighted by Crippen LogP contribution is -2.44. The molecule has 2 atom stereocenters. The Morgan fingerprint density at radius 2 is 2.05 bits per heavy atom. The Labute approximate surface area is 141 Å². The first-order valence-electron chi connectivity index (χ1n) is 7.37. The Hall–Kier alpha value is -0.970. The molecule has 0 spiro atoms. The van der Waals surface area contributed by atoms with E-state index in [9.17, 15) is 4.79 Å². The molecule has 0 aromatic heterocycles. The molecule has 1 heterocycles. The first kappa shape index (κ1) is 17.4. The van der Waals surface area contributed by atoms with E-state index in [1.165, 1.54) is 0 Å². The Bertz CT molecular complexity index is 558. The highest BCUT2D eigenvalue weighted by molar-refractivity contribution is 6.42. The number of rotatable bonds is 2. The number of carbonyl (C=O) groups excluding carboxylic acids is 1. The summed E-state index contributed by atoms with van der Waals surface area (Å²) in [7, 11) is 0. The number of benzene rings is 1. The topological polar surface area (TPSA) is 55.6 Å². The lowest BCUT2D eigenvalue weighted by molar-refractivity contribution is 0.0226. The highest BCUT2D eigenvalue weighted by atomic mass is 35.5. The third kappa shape index (κ3) is 3.86. The molecule has 22 heavy (non-hydrogen) atoms. The summed E-state index contributed by atoms with van der Waals surface area (Å²) in [4.78, 5) is 14.0. The van der Waals surface area contributed by atoms with E-state index in [4.69, 9.17) is 33.7 Å². The van der Waals surface area contributed by atoms with Crippen LogP contribution in [-0.4, -0.2) is 35.7 Å². The van der Waals surface area contributed by atoms with Crippen LogP contribution in [0.3, 0.4) is 0 Å². The summed E-state index contributed by atoms with van der Waals surface area (Å²) in [5, 5.41) is 1.04. The van der Waals surface area contributed by atoms with Crippen molar-refractivity contribution in [1.82, 2.24) is 4.90 Å². The van der Waals surface area contributed by atoms with Crippen LogP contribution in [0, 0.1) is 0 Å². The molecule has 1 amide bonds. The van der Waals surface area contributed by atoms with E-state index >= 15 is 0 Å². The van der Waals surface area contributed by atoms with Crippen LogP contribution in [0.25, 0.3) is 0 Å². The molecule has 1 saturated heterocycles. The standard InChI is InChI=1S/C16H22Cl2N2O2/c1-16(2,3)22-15(21)20-7-6-11(14(20)9-19)10-4-5-12(17)13(18)8-10/h4-5,8,11,14H,6-7,9,19H2,1-3H3/t11-,14?/m0/s1. The number of carbonyl (C=O) groups is 1. The number of likely N-dealkylation sites (tertiary alicyclic amines) is 1. The van der Waals surface area contributed by atoms with Gasteiger partial charge < -0.3 is 15.4 Å². The smallest absolute Gasteiger partial charge is 0.410 e. The minimum Gasteiger partial charge on any atom is -0.444 e. The van der Waals surface area contributed by atoms with Gasteiger partial charge in [0.25, 0.3) is 0 Å². The third-order valence-electron chi connectivity index (χ3n) is 3.79. The van der Waals surface area contributed by atoms with Crippen LogP contribution < -0.4 is 5.73 Å². The summed E-state index contributed by atoms with van der Waals surface area (Å²) >= 11 is 12.1. The van der Waals surface area contributed by atoms with Crippen molar-refractivity contribution in [3.05, 3.63) is 33.8 Å². The quantitative estimate of drug-likeness (QED) is 0.880. The van der Waals surface area contributed by atoms with E-state index in [1.54, 1.807) is 11.0 Å². The zero-order valence-electron chi connectivity index (χ0n) is 13.1. The van der Waals surface area contributed by atoms with E-state index in [0.29, 0.717) is 23.1 Å². The van der Waals surface area contributed by atoms with Gasteiger partial charge in [-0.15, -0.1) is 0 Å². The molecule has 2 N–H and O–H groups in total. The van der Waals surface area contributed by atoms with Crippen LogP contribution in [0.15, 0.2) is 18.2 Å². The first-order valence-corrected chi connectivity index (χ1v) is 8.13. The van der Waals surface area contributed by atoms with Gasteiger partial charge in [-0.25, -0.2) is 4.79 Å². The zero-order valence-corrected chi connectivity index (χ0v) is 14.6. The van der Waals surface area contributed by atoms with Crippen molar-refractivity contribution in [3.63, 3.8) is 0 Å². The third-order valence-corrected chi connectivity index (χ3v) is 4.53. The predicted octanol–water partition coefficient (Wildman–Crippen LogP) is 4.05. The number of hydrogen-bond acceptors (Lipinski definition) is 3. The molecule has 0 aliphatic carbocycles. The Kier molecular flexibility index (Phi) is 5.25. The molecule has 4 nitrogen and oxygen atoms in total. The second-order valence-electron chi connectivity index (χ2n) is 6.55. The molecule has 1 aromatic carbocycles. The molecule has 0 radical (unpaired) electrons. The Balaban J connectivity index is 2.18. The van der Waals surface area contributed by atoms with Crippen LogP contribution >= 0.6 is 23.2 Å². The first-order chi connectivity index (χ1) is 10.2. The fourth-order valence-electron chi connectivity index (χ4n) is 2.82. The average molecular weight is 345 g/mol. The summed E-state index contributed by atoms with van der Waals surface area (Å²) in [6, 6.07) is 5.49. The van der Waals surface area contributed by atoms with Crippen molar-refractivity contribution in [1.29, 1.82) is 0 Å². The maximum absolute atomic E-state index is 12.3. The second kappa shape index (κ2) is 6.65. The molecule has 1 aliphatic rings. The SMILES string of the molecule is CC(C)(C)OC(=O)N1CC[C@@H](c2ccc(Cl)c(Cl)c2)C1CN. The molecule has 1 unspecified atom stereocenters. The van der Waals surface area contributed by atoms with Crippen LogP contribution in [0.5, 0.6) is 0 Å². The van der Waals surface area contributed by atoms with Crippen molar-refractivity contribution >= 4 is 29.3 Å². The maximum Gasteiger partial charge on any atom is 0.410 e. The molecule has 0 saturated carbocycles. The van der Waals surface area contributed by atoms with E-state index in [2.05, 4.69) is 0 Å². The second-order valence-corrected chi connectivity index (χ2v) is 7.36. The number of halogens is 2. The summed E-state index contributed by atoms with van der Waals surface area (Å²) < 4.78 is 5.47. The molecule has 1 aromatic rings. The van der Waals surface area contributed by atoms with Gasteiger partial charge >= 0.3 is 6.09 Å². The summed E-state index contributed by atoms with van der Waals surface area (Å²) in [6.45, 7) is 6.57. The van der Waals surface area contributed by atoms with Crippen LogP contribution in [0.1, 0.15) is 38.7 Å². The molecule has 122 valence electrons. The van der Waals surface area contributed by atoms with E-state index in [1.807, 2.05) is 32.9 Å². The minimum absolute atomic E-state index is 0.0907. The van der Waals surface area contributed by atoms with Crippen molar-refractivity contribution in [2.75, 3.05) is 13.1 Å². The van der Waals surface area contributed by atoms with Crippen LogP contribution in [-0.2, 0) is 4.74 Å². The number of nitrogens with zero attached hydrogens (tertiary/aromatic N) is 1. The molecule has 6 heteroatoms. The van der Waals surface area contributed by atoms with Gasteiger partial charge in [0.1, 0.15) is 5.60 Å². The van der Waals surface area contributed by atoms with Crippen molar-refractivity contribution in [3.8, 4) is 0 Å². The summed E-state index contributed by atoms with van der Waals surface area (Å²) in [6.07, 6.45) is 0.518. The van der Waals surface area contributed by atoms with Crippen molar-refractivity contribution < 1.29 is 9.53 Å². The molecular weight excluding hydrogens is 323 g/mol. The minimum atomic E-state index is -0.516. The van der Waals surface area contributed by atoms with E-state index in [-0.39, 0.29) is 18.1 Å². The zero-order chi connectivity index (χ0) is 16.5. The fraction of sp³-hybridized carbons (Fsp3) is 0.562. The molecule has 0 bridgehead atoms. The van der Waals surface area contributed by atoms with Crippen LogP contribution in [0.4, 0.5) is 4.79 Å². The molecule has 1 fully saturated rings. The van der Waals surface area contributed by atoms with Gasteiger partial charge in [0, 0.05) is 19.0 Å². The van der Waals surface area contributed by atoms with Gasteiger partial charge in [-0.1, -0.05) is 29.3 Å². The number of amides is 1. The van der Waals surface area contributed by atoms with Gasteiger partial charge in [-0.2, -0.15) is 0 Å². The highest BCUT2D eigenvalue weighted by Crippen LogP contribution is 2.36. The van der Waals surface area contributed by atoms with Crippen molar-refractivity contribution in [2.24, 2.45) is 5.73 Å². The van der Waals surface area contributed by atoms with Gasteiger partial charge in [0.05, 0.1) is 16.1 Å². The van der Waals surface area contributed by atoms with Gasteiger partial charge in [0.15, 0.2) is 0 Å². The monoisotopic (exact) mass is 344 g/mol. The van der Waals surface area contributed by atoms with Gasteiger partial charge in [-0.3, -0.25) is 0 Å². The number of ether oxygens (including phenoxy) is 1. The van der Waals surface area contributed by atoms with Gasteiger partial charge in [-0.05, 0) is 44.9 Å². The lowest BCUT2D eigenvalue weighted by atomic mass is 9.92. The molecular formula is C16H22Cl2N2O2. The van der Waals surface area contributed by atoms with E-state index < -0.39 is 5.60 Å². The predicted molar refractivity (Wildman–Crippen MR) is 89.6 cm³/mol. The maximum atomic E-state index is 12.3. The van der Waals surface area contributed by atoms with Crippen molar-refractivity contribution in [2.45, 2.75) is 44.8 Å². The molecule has 2 rings (SSSR count). The van der Waals surface area contributed by atoms with Crippen LogP contribution in [0.2, 0.25) is 10.0 Å². The lowest BCUT2D eigenvalue weighted by Gasteiger charge is -2.30. The fourth-order valence-corrected chi connectivity index (χ4v) is 3.13. The molecule has 1 aliphatic heterocycles. The van der Waals surface area contributed by atoms with E-state index in [0.717, 1.165) is 12.0 Å².